The molecular formula is C26H32FNO4. The topological polar surface area (TPSA) is 64.6 Å². The van der Waals surface area contributed by atoms with Crippen LogP contribution in [0, 0.1) is 5.82 Å². The number of nitrogens with one attached hydrogen (secondary N) is 1. The van der Waals surface area contributed by atoms with Gasteiger partial charge in [-0.1, -0.05) is 44.4 Å². The Balaban J connectivity index is 1.93. The Bertz CT molecular complexity index is 953. The van der Waals surface area contributed by atoms with Crippen molar-refractivity contribution in [3.63, 3.8) is 0 Å². The van der Waals surface area contributed by atoms with E-state index in [1.807, 2.05) is 13.8 Å². The highest BCUT2D eigenvalue weighted by molar-refractivity contribution is 6.01. The summed E-state index contributed by atoms with van der Waals surface area (Å²) in [7, 11) is 0. The van der Waals surface area contributed by atoms with Crippen LogP contribution in [0.5, 0.6) is 5.75 Å². The predicted molar refractivity (Wildman–Crippen MR) is 123 cm³/mol. The van der Waals surface area contributed by atoms with Crippen LogP contribution in [0.2, 0.25) is 0 Å². The van der Waals surface area contributed by atoms with Crippen LogP contribution in [0.1, 0.15) is 75.2 Å². The fraction of sp³-hybridized carbons (Fsp3) is 0.462. The third-order valence-electron chi connectivity index (χ3n) is 6.17. The second-order valence-corrected chi connectivity index (χ2v) is 8.34. The lowest BCUT2D eigenvalue weighted by molar-refractivity contribution is -0.122. The molecule has 0 unspecified atom stereocenters. The molecule has 6 heteroatoms. The van der Waals surface area contributed by atoms with Gasteiger partial charge in [-0.05, 0) is 57.4 Å². The van der Waals surface area contributed by atoms with E-state index in [0.717, 1.165) is 25.7 Å². The van der Waals surface area contributed by atoms with Gasteiger partial charge in [0.2, 0.25) is 5.91 Å². The zero-order valence-corrected chi connectivity index (χ0v) is 19.1. The van der Waals surface area contributed by atoms with Gasteiger partial charge < -0.3 is 14.8 Å². The van der Waals surface area contributed by atoms with Gasteiger partial charge in [0.1, 0.15) is 17.1 Å². The zero-order valence-electron chi connectivity index (χ0n) is 19.1. The van der Waals surface area contributed by atoms with Crippen molar-refractivity contribution in [3.05, 3.63) is 59.4 Å². The van der Waals surface area contributed by atoms with Crippen molar-refractivity contribution in [2.24, 2.45) is 0 Å². The molecule has 1 fully saturated rings. The molecule has 32 heavy (non-hydrogen) atoms. The molecule has 1 aliphatic carbocycles. The maximum Gasteiger partial charge on any atom is 0.341 e. The smallest absolute Gasteiger partial charge is 0.341 e. The number of amides is 1. The molecule has 2 aromatic carbocycles. The minimum absolute atomic E-state index is 0.0739. The molecule has 0 heterocycles. The van der Waals surface area contributed by atoms with E-state index in [9.17, 15) is 14.0 Å². The quantitative estimate of drug-likeness (QED) is 0.509. The normalized spacial score (nSPS) is 16.1. The lowest BCUT2D eigenvalue weighted by Crippen LogP contribution is -2.42. The number of halogens is 1. The molecule has 3 rings (SSSR count). The minimum Gasteiger partial charge on any atom is -0.490 e. The van der Waals surface area contributed by atoms with Gasteiger partial charge in [0.05, 0.1) is 18.1 Å². The minimum atomic E-state index is -0.931. The van der Waals surface area contributed by atoms with Crippen LogP contribution in [0.15, 0.2) is 42.5 Å². The van der Waals surface area contributed by atoms with Gasteiger partial charge >= 0.3 is 5.97 Å². The van der Waals surface area contributed by atoms with Gasteiger partial charge in [0.25, 0.3) is 0 Å². The Labute approximate surface area is 189 Å². The summed E-state index contributed by atoms with van der Waals surface area (Å²) in [5, 5.41) is 2.94. The molecule has 1 amide bonds. The number of ether oxygens (including phenoxy) is 2. The average Bonchev–Trinajstić information content (AvgIpc) is 2.80. The molecule has 0 radical (unpaired) electrons. The Hall–Kier alpha value is -2.89. The number of esters is 1. The highest BCUT2D eigenvalue weighted by atomic mass is 19.1. The second kappa shape index (κ2) is 10.6. The predicted octanol–water partition coefficient (Wildman–Crippen LogP) is 6.02. The van der Waals surface area contributed by atoms with Crippen molar-refractivity contribution in [2.45, 2.75) is 70.8 Å². The summed E-state index contributed by atoms with van der Waals surface area (Å²) < 4.78 is 25.8. The van der Waals surface area contributed by atoms with Crippen LogP contribution in [0.4, 0.5) is 10.1 Å². The summed E-state index contributed by atoms with van der Waals surface area (Å²) in [5.41, 5.74) is 0.212. The number of carbonyl (C=O) groups excluding carboxylic acids is 2. The van der Waals surface area contributed by atoms with E-state index in [0.29, 0.717) is 29.8 Å². The standard InChI is InChI=1S/C26H32FNO4/c1-4-18(3)32-23-14-13-19(17-20(23)24(29)31-5-2)28-25(30)26(15-9-6-10-16-26)21-11-7-8-12-22(21)27/h7-8,11-14,17-18H,4-6,9-10,15-16H2,1-3H3,(H,28,30)/t18-/m1/s1. The lowest BCUT2D eigenvalue weighted by atomic mass is 9.68. The molecule has 2 aromatic rings. The summed E-state index contributed by atoms with van der Waals surface area (Å²) in [6.07, 6.45) is 4.62. The molecule has 0 bridgehead atoms. The third-order valence-corrected chi connectivity index (χ3v) is 6.17. The molecule has 0 spiro atoms. The molecule has 1 atom stereocenters. The maximum atomic E-state index is 14.7. The number of hydrogen-bond acceptors (Lipinski definition) is 4. The second-order valence-electron chi connectivity index (χ2n) is 8.34. The average molecular weight is 442 g/mol. The van der Waals surface area contributed by atoms with Crippen LogP contribution in [-0.2, 0) is 14.9 Å². The van der Waals surface area contributed by atoms with Crippen molar-refractivity contribution in [3.8, 4) is 5.75 Å². The molecule has 1 aliphatic rings. The zero-order chi connectivity index (χ0) is 23.1. The molecule has 0 aliphatic heterocycles. The van der Waals surface area contributed by atoms with E-state index in [2.05, 4.69) is 5.32 Å². The Morgan fingerprint density at radius 1 is 1.09 bits per heavy atom. The van der Waals surface area contributed by atoms with Crippen molar-refractivity contribution < 1.29 is 23.5 Å². The highest BCUT2D eigenvalue weighted by Crippen LogP contribution is 2.41. The summed E-state index contributed by atoms with van der Waals surface area (Å²) in [6.45, 7) is 5.88. The molecule has 0 saturated heterocycles. The Kier molecular flexibility index (Phi) is 7.89. The van der Waals surface area contributed by atoms with E-state index < -0.39 is 11.4 Å². The number of anilines is 1. The molecular weight excluding hydrogens is 409 g/mol. The largest absolute Gasteiger partial charge is 0.490 e. The summed E-state index contributed by atoms with van der Waals surface area (Å²) >= 11 is 0. The molecule has 172 valence electrons. The van der Waals surface area contributed by atoms with E-state index >= 15 is 0 Å². The van der Waals surface area contributed by atoms with Crippen LogP contribution >= 0.6 is 0 Å². The number of benzene rings is 2. The van der Waals surface area contributed by atoms with Gasteiger partial charge in [-0.25, -0.2) is 9.18 Å². The van der Waals surface area contributed by atoms with Crippen molar-refractivity contribution in [1.82, 2.24) is 0 Å². The maximum absolute atomic E-state index is 14.7. The van der Waals surface area contributed by atoms with Crippen LogP contribution < -0.4 is 10.1 Å². The van der Waals surface area contributed by atoms with E-state index in [1.54, 1.807) is 43.3 Å². The van der Waals surface area contributed by atoms with E-state index in [-0.39, 0.29) is 30.0 Å². The van der Waals surface area contributed by atoms with Crippen LogP contribution in [-0.4, -0.2) is 24.6 Å². The summed E-state index contributed by atoms with van der Waals surface area (Å²) in [6, 6.07) is 11.5. The highest BCUT2D eigenvalue weighted by Gasteiger charge is 2.43. The van der Waals surface area contributed by atoms with Crippen LogP contribution in [0.3, 0.4) is 0 Å². The first kappa shape index (κ1) is 23.8. The van der Waals surface area contributed by atoms with E-state index in [1.165, 1.54) is 6.07 Å². The fourth-order valence-electron chi connectivity index (χ4n) is 4.25. The first-order valence-electron chi connectivity index (χ1n) is 11.5. The first-order valence-corrected chi connectivity index (χ1v) is 11.5. The molecule has 1 saturated carbocycles. The summed E-state index contributed by atoms with van der Waals surface area (Å²) in [4.78, 5) is 26.1. The van der Waals surface area contributed by atoms with Crippen molar-refractivity contribution >= 4 is 17.6 Å². The van der Waals surface area contributed by atoms with Crippen LogP contribution in [0.25, 0.3) is 0 Å². The van der Waals surface area contributed by atoms with E-state index in [4.69, 9.17) is 9.47 Å². The number of carbonyl (C=O) groups is 2. The monoisotopic (exact) mass is 441 g/mol. The lowest BCUT2D eigenvalue weighted by Gasteiger charge is -2.36. The van der Waals surface area contributed by atoms with Crippen molar-refractivity contribution in [2.75, 3.05) is 11.9 Å². The van der Waals surface area contributed by atoms with Crippen molar-refractivity contribution in [1.29, 1.82) is 0 Å². The summed E-state index contributed by atoms with van der Waals surface area (Å²) in [5.74, 6) is -0.720. The fourth-order valence-corrected chi connectivity index (χ4v) is 4.25. The third kappa shape index (κ3) is 5.12. The molecule has 5 nitrogen and oxygen atoms in total. The van der Waals surface area contributed by atoms with Gasteiger partial charge in [0.15, 0.2) is 0 Å². The molecule has 0 aromatic heterocycles. The molecule has 1 N–H and O–H groups in total. The van der Waals surface area contributed by atoms with Gasteiger partial charge in [-0.3, -0.25) is 4.79 Å². The Morgan fingerprint density at radius 3 is 2.47 bits per heavy atom. The van der Waals surface area contributed by atoms with Gasteiger partial charge in [-0.2, -0.15) is 0 Å². The Morgan fingerprint density at radius 2 is 1.81 bits per heavy atom. The van der Waals surface area contributed by atoms with Gasteiger partial charge in [-0.15, -0.1) is 0 Å². The SMILES string of the molecule is CCOC(=O)c1cc(NC(=O)C2(c3ccccc3F)CCCCC2)ccc1O[C@H](C)CC. The van der Waals surface area contributed by atoms with Gasteiger partial charge in [0, 0.05) is 11.3 Å². The number of rotatable bonds is 8. The number of hydrogen-bond donors (Lipinski definition) is 1. The first-order chi connectivity index (χ1) is 15.4.